The van der Waals surface area contributed by atoms with Gasteiger partial charge in [-0.15, -0.1) is 0 Å². The van der Waals surface area contributed by atoms with Crippen molar-refractivity contribution in [1.29, 1.82) is 0 Å². The lowest BCUT2D eigenvalue weighted by Gasteiger charge is -2.21. The summed E-state index contributed by atoms with van der Waals surface area (Å²) >= 11 is 0. The van der Waals surface area contributed by atoms with Gasteiger partial charge in [0.25, 0.3) is 0 Å². The van der Waals surface area contributed by atoms with Gasteiger partial charge in [-0.25, -0.2) is 0 Å². The van der Waals surface area contributed by atoms with E-state index in [-0.39, 0.29) is 0 Å². The maximum absolute atomic E-state index is 2.46. The highest BCUT2D eigenvalue weighted by atomic mass is 15.1. The molecular formula is C25H25N. The third kappa shape index (κ3) is 6.19. The molecule has 0 amide bonds. The van der Waals surface area contributed by atoms with Crippen molar-refractivity contribution in [1.82, 2.24) is 4.90 Å². The van der Waals surface area contributed by atoms with Crippen LogP contribution in [0.15, 0.2) is 109 Å². The van der Waals surface area contributed by atoms with Crippen LogP contribution >= 0.6 is 0 Å². The minimum absolute atomic E-state index is 0.920. The normalized spacial score (nSPS) is 11.6. The Hall–Kier alpha value is -2.90. The van der Waals surface area contributed by atoms with E-state index >= 15 is 0 Å². The van der Waals surface area contributed by atoms with Gasteiger partial charge >= 0.3 is 0 Å². The zero-order valence-electron chi connectivity index (χ0n) is 15.0. The molecule has 1 heteroatoms. The summed E-state index contributed by atoms with van der Waals surface area (Å²) in [5, 5.41) is 0. The fraction of sp³-hybridized carbons (Fsp3) is 0.120. The molecule has 0 fully saturated rings. The summed E-state index contributed by atoms with van der Waals surface area (Å²) in [6.45, 7) is 2.81. The van der Waals surface area contributed by atoms with Crippen molar-refractivity contribution in [3.63, 3.8) is 0 Å². The van der Waals surface area contributed by atoms with Crippen LogP contribution in [0.4, 0.5) is 0 Å². The van der Waals surface area contributed by atoms with Crippen molar-refractivity contribution >= 4 is 6.08 Å². The van der Waals surface area contributed by atoms with Gasteiger partial charge in [0.15, 0.2) is 0 Å². The molecule has 0 aromatic heterocycles. The van der Waals surface area contributed by atoms with E-state index in [2.05, 4.69) is 114 Å². The average Bonchev–Trinajstić information content (AvgIpc) is 2.70. The number of benzene rings is 3. The second kappa shape index (κ2) is 10.2. The largest absolute Gasteiger partial charge is 0.291 e. The predicted molar refractivity (Wildman–Crippen MR) is 112 cm³/mol. The van der Waals surface area contributed by atoms with Gasteiger partial charge < -0.3 is 0 Å². The van der Waals surface area contributed by atoms with Crippen molar-refractivity contribution in [2.75, 3.05) is 6.54 Å². The maximum Gasteiger partial charge on any atom is 0.0240 e. The predicted octanol–water partition coefficient (Wildman–Crippen LogP) is 5.96. The Bertz CT molecular complexity index is 763. The summed E-state index contributed by atoms with van der Waals surface area (Å²) in [7, 11) is 0. The van der Waals surface area contributed by atoms with Gasteiger partial charge in [-0.05, 0) is 16.7 Å². The van der Waals surface area contributed by atoms with E-state index in [0.717, 1.165) is 19.6 Å². The molecule has 0 aliphatic heterocycles. The van der Waals surface area contributed by atoms with E-state index < -0.39 is 0 Å². The molecule has 0 N–H and O–H groups in total. The summed E-state index contributed by atoms with van der Waals surface area (Å²) < 4.78 is 0. The Morgan fingerprint density at radius 3 is 1.62 bits per heavy atom. The van der Waals surface area contributed by atoms with Crippen LogP contribution in [0, 0.1) is 0 Å². The summed E-state index contributed by atoms with van der Waals surface area (Å²) in [5.74, 6) is 0. The van der Waals surface area contributed by atoms with Gasteiger partial charge in [0, 0.05) is 19.6 Å². The molecular weight excluding hydrogens is 314 g/mol. The van der Waals surface area contributed by atoms with Crippen LogP contribution in [0.1, 0.15) is 16.7 Å². The monoisotopic (exact) mass is 339 g/mol. The highest BCUT2D eigenvalue weighted by molar-refractivity contribution is 5.50. The van der Waals surface area contributed by atoms with E-state index in [4.69, 9.17) is 0 Å². The van der Waals surface area contributed by atoms with E-state index in [1.165, 1.54) is 16.7 Å². The Morgan fingerprint density at radius 1 is 0.577 bits per heavy atom. The molecule has 0 radical (unpaired) electrons. The second-order valence-corrected chi connectivity index (χ2v) is 6.34. The van der Waals surface area contributed by atoms with E-state index in [9.17, 15) is 0 Å². The van der Waals surface area contributed by atoms with Gasteiger partial charge in [-0.1, -0.05) is 115 Å². The summed E-state index contributed by atoms with van der Waals surface area (Å²) in [5.41, 5.74) is 3.91. The first-order valence-electron chi connectivity index (χ1n) is 9.08. The molecule has 3 aromatic carbocycles. The second-order valence-electron chi connectivity index (χ2n) is 6.34. The molecule has 130 valence electrons. The summed E-state index contributed by atoms with van der Waals surface area (Å²) in [4.78, 5) is 2.46. The highest BCUT2D eigenvalue weighted by Gasteiger charge is 2.05. The highest BCUT2D eigenvalue weighted by Crippen LogP contribution is 2.10. The first-order valence-corrected chi connectivity index (χ1v) is 9.08. The molecule has 3 aromatic rings. The van der Waals surface area contributed by atoms with Gasteiger partial charge in [0.05, 0.1) is 0 Å². The van der Waals surface area contributed by atoms with Crippen molar-refractivity contribution in [2.45, 2.75) is 13.1 Å². The molecule has 0 unspecified atom stereocenters. The standard InChI is InChI=1S/C25H25N/c1-5-13-23(14-6-1)15-11-4-12-20-26(21-24-16-7-2-8-17-24)22-25-18-9-3-10-19-25/h1-19H,20-22H2/b12-4+,15-11+. The Labute approximate surface area is 156 Å². The van der Waals surface area contributed by atoms with Crippen molar-refractivity contribution in [3.8, 4) is 0 Å². The Balaban J connectivity index is 1.61. The number of hydrogen-bond donors (Lipinski definition) is 0. The molecule has 26 heavy (non-hydrogen) atoms. The van der Waals surface area contributed by atoms with Crippen LogP contribution in [0.2, 0.25) is 0 Å². The molecule has 0 saturated carbocycles. The van der Waals surface area contributed by atoms with Crippen LogP contribution in [0.25, 0.3) is 6.08 Å². The van der Waals surface area contributed by atoms with E-state index in [1.807, 2.05) is 6.07 Å². The van der Waals surface area contributed by atoms with E-state index in [1.54, 1.807) is 0 Å². The molecule has 0 spiro atoms. The van der Waals surface area contributed by atoms with Crippen molar-refractivity contribution < 1.29 is 0 Å². The van der Waals surface area contributed by atoms with E-state index in [0.29, 0.717) is 0 Å². The van der Waals surface area contributed by atoms with Gasteiger partial charge in [0.2, 0.25) is 0 Å². The molecule has 3 rings (SSSR count). The molecule has 0 aliphatic rings. The number of allylic oxidation sites excluding steroid dienone is 2. The van der Waals surface area contributed by atoms with Crippen LogP contribution in [-0.4, -0.2) is 11.4 Å². The molecule has 0 saturated heterocycles. The number of nitrogens with zero attached hydrogens (tertiary/aromatic N) is 1. The van der Waals surface area contributed by atoms with Crippen LogP contribution in [0.3, 0.4) is 0 Å². The zero-order chi connectivity index (χ0) is 17.9. The molecule has 0 atom stereocenters. The first-order chi connectivity index (χ1) is 12.9. The average molecular weight is 339 g/mol. The smallest absolute Gasteiger partial charge is 0.0240 e. The zero-order valence-corrected chi connectivity index (χ0v) is 15.0. The summed E-state index contributed by atoms with van der Waals surface area (Å²) in [6.07, 6.45) is 8.61. The fourth-order valence-electron chi connectivity index (χ4n) is 2.89. The Morgan fingerprint density at radius 2 is 1.08 bits per heavy atom. The van der Waals surface area contributed by atoms with Gasteiger partial charge in [0.1, 0.15) is 0 Å². The third-order valence-electron chi connectivity index (χ3n) is 4.20. The molecule has 0 aliphatic carbocycles. The van der Waals surface area contributed by atoms with Gasteiger partial charge in [-0.2, -0.15) is 0 Å². The molecule has 0 heterocycles. The number of rotatable bonds is 8. The quantitative estimate of drug-likeness (QED) is 0.458. The lowest BCUT2D eigenvalue weighted by molar-refractivity contribution is 0.286. The van der Waals surface area contributed by atoms with Crippen molar-refractivity contribution in [2.24, 2.45) is 0 Å². The Kier molecular flexibility index (Phi) is 7.01. The minimum atomic E-state index is 0.920. The van der Waals surface area contributed by atoms with Gasteiger partial charge in [-0.3, -0.25) is 4.90 Å². The molecule has 0 bridgehead atoms. The lowest BCUT2D eigenvalue weighted by atomic mass is 10.1. The fourth-order valence-corrected chi connectivity index (χ4v) is 2.89. The summed E-state index contributed by atoms with van der Waals surface area (Å²) in [6, 6.07) is 31.7. The van der Waals surface area contributed by atoms with Crippen LogP contribution < -0.4 is 0 Å². The van der Waals surface area contributed by atoms with Crippen LogP contribution in [0.5, 0.6) is 0 Å². The third-order valence-corrected chi connectivity index (χ3v) is 4.20. The maximum atomic E-state index is 2.46. The SMILES string of the molecule is C(/C=C/c1ccccc1)=C\CN(Cc1ccccc1)Cc1ccccc1. The first kappa shape index (κ1) is 17.9. The number of hydrogen-bond acceptors (Lipinski definition) is 1. The van der Waals surface area contributed by atoms with Crippen LogP contribution in [-0.2, 0) is 13.1 Å². The van der Waals surface area contributed by atoms with Crippen molar-refractivity contribution in [3.05, 3.63) is 126 Å². The minimum Gasteiger partial charge on any atom is -0.291 e. The molecule has 1 nitrogen and oxygen atoms in total. The lowest BCUT2D eigenvalue weighted by Crippen LogP contribution is -2.22. The topological polar surface area (TPSA) is 3.24 Å².